The summed E-state index contributed by atoms with van der Waals surface area (Å²) in [6.45, 7) is 1.93. The van der Waals surface area contributed by atoms with Gasteiger partial charge in [0, 0.05) is 17.0 Å². The monoisotopic (exact) mass is 295 g/mol. The van der Waals surface area contributed by atoms with E-state index in [0.29, 0.717) is 17.3 Å². The zero-order valence-electron chi connectivity index (χ0n) is 9.11. The van der Waals surface area contributed by atoms with Crippen molar-refractivity contribution in [2.75, 3.05) is 0 Å². The molecule has 0 aliphatic carbocycles. The van der Waals surface area contributed by atoms with Gasteiger partial charge in [0.2, 0.25) is 11.8 Å². The van der Waals surface area contributed by atoms with Crippen LogP contribution in [0.2, 0.25) is 0 Å². The first-order valence-electron chi connectivity index (χ1n) is 4.98. The third kappa shape index (κ3) is 3.13. The summed E-state index contributed by atoms with van der Waals surface area (Å²) in [5, 5.41) is 10.2. The molecule has 17 heavy (non-hydrogen) atoms. The van der Waals surface area contributed by atoms with Crippen molar-refractivity contribution in [3.05, 3.63) is 46.1 Å². The molecule has 1 aromatic carbocycles. The van der Waals surface area contributed by atoms with E-state index in [4.69, 9.17) is 4.42 Å². The van der Waals surface area contributed by atoms with Crippen molar-refractivity contribution in [2.24, 2.45) is 0 Å². The highest BCUT2D eigenvalue weighted by molar-refractivity contribution is 9.10. The smallest absolute Gasteiger partial charge is 0.251 e. The second-order valence-electron chi connectivity index (χ2n) is 3.41. The van der Waals surface area contributed by atoms with Gasteiger partial charge in [-0.3, -0.25) is 4.79 Å². The number of aromatic nitrogens is 2. The molecule has 88 valence electrons. The molecule has 0 saturated heterocycles. The molecule has 0 atom stereocenters. The average molecular weight is 296 g/mol. The highest BCUT2D eigenvalue weighted by atomic mass is 79.9. The van der Waals surface area contributed by atoms with E-state index in [9.17, 15) is 4.79 Å². The molecule has 2 rings (SSSR count). The molecule has 1 amide bonds. The third-order valence-corrected chi connectivity index (χ3v) is 2.55. The van der Waals surface area contributed by atoms with Gasteiger partial charge in [-0.05, 0) is 18.2 Å². The van der Waals surface area contributed by atoms with Gasteiger partial charge in [-0.15, -0.1) is 10.2 Å². The van der Waals surface area contributed by atoms with Crippen LogP contribution in [-0.4, -0.2) is 16.1 Å². The van der Waals surface area contributed by atoms with Crippen LogP contribution in [0.5, 0.6) is 0 Å². The lowest BCUT2D eigenvalue weighted by atomic mass is 10.2. The quantitative estimate of drug-likeness (QED) is 0.941. The van der Waals surface area contributed by atoms with Crippen LogP contribution in [0, 0.1) is 6.92 Å². The summed E-state index contributed by atoms with van der Waals surface area (Å²) >= 11 is 3.31. The molecule has 0 unspecified atom stereocenters. The van der Waals surface area contributed by atoms with Crippen LogP contribution in [0.25, 0.3) is 0 Å². The Morgan fingerprint density at radius 3 is 2.94 bits per heavy atom. The normalized spacial score (nSPS) is 10.2. The van der Waals surface area contributed by atoms with Crippen molar-refractivity contribution in [1.82, 2.24) is 15.5 Å². The van der Waals surface area contributed by atoms with Gasteiger partial charge in [-0.25, -0.2) is 0 Å². The minimum absolute atomic E-state index is 0.179. The van der Waals surface area contributed by atoms with E-state index in [2.05, 4.69) is 31.4 Å². The number of benzene rings is 1. The summed E-state index contributed by atoms with van der Waals surface area (Å²) in [5.41, 5.74) is 0.579. The molecular formula is C11H10BrN3O2. The van der Waals surface area contributed by atoms with Crippen molar-refractivity contribution in [2.45, 2.75) is 13.5 Å². The van der Waals surface area contributed by atoms with Crippen molar-refractivity contribution in [1.29, 1.82) is 0 Å². The maximum atomic E-state index is 11.8. The van der Waals surface area contributed by atoms with Gasteiger partial charge in [0.1, 0.15) is 0 Å². The summed E-state index contributed by atoms with van der Waals surface area (Å²) in [6.07, 6.45) is 0. The molecule has 0 fully saturated rings. The number of carbonyl (C=O) groups excluding carboxylic acids is 1. The fraction of sp³-hybridized carbons (Fsp3) is 0.182. The first-order chi connectivity index (χ1) is 8.15. The number of nitrogens with one attached hydrogen (secondary N) is 1. The number of aryl methyl sites for hydroxylation is 1. The fourth-order valence-corrected chi connectivity index (χ4v) is 1.70. The van der Waals surface area contributed by atoms with Gasteiger partial charge in [0.15, 0.2) is 0 Å². The number of hydrogen-bond donors (Lipinski definition) is 1. The van der Waals surface area contributed by atoms with Gasteiger partial charge in [-0.1, -0.05) is 22.0 Å². The minimum Gasteiger partial charge on any atom is -0.424 e. The number of halogens is 1. The van der Waals surface area contributed by atoms with E-state index >= 15 is 0 Å². The van der Waals surface area contributed by atoms with Gasteiger partial charge in [-0.2, -0.15) is 0 Å². The van der Waals surface area contributed by atoms with Crippen LogP contribution in [0.1, 0.15) is 22.1 Å². The van der Waals surface area contributed by atoms with Crippen LogP contribution in [0.15, 0.2) is 33.2 Å². The zero-order chi connectivity index (χ0) is 12.3. The molecule has 6 heteroatoms. The molecule has 0 aliphatic rings. The highest BCUT2D eigenvalue weighted by Crippen LogP contribution is 2.11. The summed E-state index contributed by atoms with van der Waals surface area (Å²) in [4.78, 5) is 11.8. The SMILES string of the molecule is Cc1nnc(CNC(=O)c2cccc(Br)c2)o1. The van der Waals surface area contributed by atoms with Crippen LogP contribution >= 0.6 is 15.9 Å². The molecule has 0 saturated carbocycles. The largest absolute Gasteiger partial charge is 0.424 e. The predicted octanol–water partition coefficient (Wildman–Crippen LogP) is 2.07. The van der Waals surface area contributed by atoms with E-state index in [1.165, 1.54) is 0 Å². The Kier molecular flexibility index (Phi) is 3.53. The Morgan fingerprint density at radius 2 is 2.29 bits per heavy atom. The Hall–Kier alpha value is -1.69. The first-order valence-corrected chi connectivity index (χ1v) is 5.77. The zero-order valence-corrected chi connectivity index (χ0v) is 10.7. The number of hydrogen-bond acceptors (Lipinski definition) is 4. The van der Waals surface area contributed by atoms with Gasteiger partial charge in [0.25, 0.3) is 5.91 Å². The number of rotatable bonds is 3. The maximum Gasteiger partial charge on any atom is 0.251 e. The summed E-state index contributed by atoms with van der Waals surface area (Å²) in [5.74, 6) is 0.699. The molecule has 0 spiro atoms. The molecule has 0 aliphatic heterocycles. The predicted molar refractivity (Wildman–Crippen MR) is 64.3 cm³/mol. The Morgan fingerprint density at radius 1 is 1.47 bits per heavy atom. The fourth-order valence-electron chi connectivity index (χ4n) is 1.30. The second-order valence-corrected chi connectivity index (χ2v) is 4.32. The van der Waals surface area contributed by atoms with Crippen molar-refractivity contribution in [3.8, 4) is 0 Å². The minimum atomic E-state index is -0.179. The van der Waals surface area contributed by atoms with E-state index in [1.807, 2.05) is 6.07 Å². The average Bonchev–Trinajstić information content (AvgIpc) is 2.72. The van der Waals surface area contributed by atoms with Crippen LogP contribution in [-0.2, 0) is 6.54 Å². The highest BCUT2D eigenvalue weighted by Gasteiger charge is 2.08. The topological polar surface area (TPSA) is 68.0 Å². The lowest BCUT2D eigenvalue weighted by molar-refractivity contribution is 0.0947. The molecule has 0 bridgehead atoms. The van der Waals surface area contributed by atoms with Crippen LogP contribution < -0.4 is 5.32 Å². The maximum absolute atomic E-state index is 11.8. The summed E-state index contributed by atoms with van der Waals surface area (Å²) in [6, 6.07) is 7.14. The Bertz CT molecular complexity index is 539. The van der Waals surface area contributed by atoms with E-state index in [0.717, 1.165) is 4.47 Å². The Balaban J connectivity index is 1.98. The molecule has 1 N–H and O–H groups in total. The molecule has 2 aromatic rings. The molecule has 0 radical (unpaired) electrons. The Labute approximate surface area is 106 Å². The lowest BCUT2D eigenvalue weighted by Crippen LogP contribution is -2.22. The molecular weight excluding hydrogens is 286 g/mol. The number of carbonyl (C=O) groups is 1. The van der Waals surface area contributed by atoms with Crippen LogP contribution in [0.3, 0.4) is 0 Å². The molecule has 1 aromatic heterocycles. The number of amides is 1. The van der Waals surface area contributed by atoms with Crippen LogP contribution in [0.4, 0.5) is 0 Å². The van der Waals surface area contributed by atoms with Gasteiger partial charge in [0.05, 0.1) is 6.54 Å². The standard InChI is InChI=1S/C11H10BrN3O2/c1-7-14-15-10(17-7)6-13-11(16)8-3-2-4-9(12)5-8/h2-5H,6H2,1H3,(H,13,16). The van der Waals surface area contributed by atoms with E-state index < -0.39 is 0 Å². The third-order valence-electron chi connectivity index (χ3n) is 2.05. The van der Waals surface area contributed by atoms with Gasteiger partial charge >= 0.3 is 0 Å². The summed E-state index contributed by atoms with van der Waals surface area (Å²) in [7, 11) is 0. The van der Waals surface area contributed by atoms with E-state index in [1.54, 1.807) is 25.1 Å². The first kappa shape index (κ1) is 11.8. The summed E-state index contributed by atoms with van der Waals surface area (Å²) < 4.78 is 6.01. The van der Waals surface area contributed by atoms with Crippen molar-refractivity contribution >= 4 is 21.8 Å². The second kappa shape index (κ2) is 5.09. The number of nitrogens with zero attached hydrogens (tertiary/aromatic N) is 2. The van der Waals surface area contributed by atoms with Crippen molar-refractivity contribution in [3.63, 3.8) is 0 Å². The van der Waals surface area contributed by atoms with Gasteiger partial charge < -0.3 is 9.73 Å². The van der Waals surface area contributed by atoms with E-state index in [-0.39, 0.29) is 12.5 Å². The van der Waals surface area contributed by atoms with Crippen molar-refractivity contribution < 1.29 is 9.21 Å². The molecule has 5 nitrogen and oxygen atoms in total. The lowest BCUT2D eigenvalue weighted by Gasteiger charge is -2.02. The molecule has 1 heterocycles.